The zero-order chi connectivity index (χ0) is 16.1. The number of nitrogens with one attached hydrogen (secondary N) is 1. The highest BCUT2D eigenvalue weighted by Crippen LogP contribution is 2.21. The van der Waals surface area contributed by atoms with Gasteiger partial charge in [0.05, 0.1) is 0 Å². The van der Waals surface area contributed by atoms with Gasteiger partial charge in [-0.3, -0.25) is 4.79 Å². The first kappa shape index (κ1) is 15.9. The predicted molar refractivity (Wildman–Crippen MR) is 95.4 cm³/mol. The van der Waals surface area contributed by atoms with Crippen LogP contribution < -0.4 is 5.32 Å². The first-order chi connectivity index (χ1) is 11.2. The maximum atomic E-state index is 11.9. The van der Waals surface area contributed by atoms with Gasteiger partial charge in [0, 0.05) is 30.2 Å². The molecule has 1 fully saturated rings. The molecule has 3 rings (SSSR count). The van der Waals surface area contributed by atoms with Crippen LogP contribution in [0, 0.1) is 0 Å². The van der Waals surface area contributed by atoms with Gasteiger partial charge in [-0.15, -0.1) is 0 Å². The minimum absolute atomic E-state index is 0.0646. The van der Waals surface area contributed by atoms with E-state index in [4.69, 9.17) is 0 Å². The lowest BCUT2D eigenvalue weighted by Gasteiger charge is -2.21. The highest BCUT2D eigenvalue weighted by atomic mass is 16.1. The molecule has 1 aliphatic carbocycles. The number of benzene rings is 1. The van der Waals surface area contributed by atoms with Crippen LogP contribution >= 0.6 is 0 Å². The smallest absolute Gasteiger partial charge is 0.243 e. The third-order valence-corrected chi connectivity index (χ3v) is 4.78. The number of hydrogen-bond acceptors (Lipinski definition) is 1. The van der Waals surface area contributed by atoms with Crippen LogP contribution in [0.1, 0.15) is 44.1 Å². The number of rotatable bonds is 5. The molecule has 0 radical (unpaired) electrons. The molecular weight excluding hydrogens is 284 g/mol. The Hall–Kier alpha value is -2.03. The Morgan fingerprint density at radius 1 is 1.26 bits per heavy atom. The number of nitrogens with zero attached hydrogens (tertiary/aromatic N) is 1. The van der Waals surface area contributed by atoms with Gasteiger partial charge in [-0.1, -0.05) is 43.5 Å². The van der Waals surface area contributed by atoms with Crippen LogP contribution in [0.5, 0.6) is 0 Å². The van der Waals surface area contributed by atoms with E-state index >= 15 is 0 Å². The van der Waals surface area contributed by atoms with Gasteiger partial charge in [-0.25, -0.2) is 0 Å². The Morgan fingerprint density at radius 3 is 2.87 bits per heavy atom. The third-order valence-electron chi connectivity index (χ3n) is 4.78. The van der Waals surface area contributed by atoms with Crippen LogP contribution in [0.3, 0.4) is 0 Å². The number of carbonyl (C=O) groups excluding carboxylic acids is 1. The van der Waals surface area contributed by atoms with E-state index in [1.54, 1.807) is 6.08 Å². The van der Waals surface area contributed by atoms with Crippen molar-refractivity contribution in [3.05, 3.63) is 48.2 Å². The van der Waals surface area contributed by atoms with Crippen molar-refractivity contribution in [2.45, 2.75) is 51.0 Å². The number of aryl methyl sites for hydroxylation is 2. The standard InChI is InChI=1S/C20H26N2O/c1-22-15-16(18-12-6-7-13-19(18)22)9-5-8-14-20(23)21-17-10-3-2-4-11-17/h6-8,12-15,17H,2-5,9-11H2,1H3,(H,21,23). The summed E-state index contributed by atoms with van der Waals surface area (Å²) in [6, 6.07) is 8.86. The zero-order valence-corrected chi connectivity index (χ0v) is 13.9. The minimum atomic E-state index is 0.0646. The fraction of sp³-hybridized carbons (Fsp3) is 0.450. The molecule has 122 valence electrons. The van der Waals surface area contributed by atoms with Gasteiger partial charge in [0.2, 0.25) is 5.91 Å². The van der Waals surface area contributed by atoms with E-state index in [2.05, 4.69) is 47.4 Å². The van der Waals surface area contributed by atoms with Gasteiger partial charge in [-0.05, 0) is 43.4 Å². The maximum absolute atomic E-state index is 11.9. The molecule has 1 aliphatic rings. The molecule has 3 heteroatoms. The lowest BCUT2D eigenvalue weighted by atomic mass is 9.95. The minimum Gasteiger partial charge on any atom is -0.350 e. The fourth-order valence-electron chi connectivity index (χ4n) is 3.55. The van der Waals surface area contributed by atoms with Crippen LogP contribution in [0.15, 0.2) is 42.6 Å². The topological polar surface area (TPSA) is 34.0 Å². The van der Waals surface area contributed by atoms with Crippen molar-refractivity contribution in [2.75, 3.05) is 0 Å². The molecule has 0 unspecified atom stereocenters. The number of aromatic nitrogens is 1. The summed E-state index contributed by atoms with van der Waals surface area (Å²) in [5.41, 5.74) is 2.61. The average Bonchev–Trinajstić information content (AvgIpc) is 2.89. The monoisotopic (exact) mass is 310 g/mol. The van der Waals surface area contributed by atoms with Crippen LogP contribution in [0.2, 0.25) is 0 Å². The van der Waals surface area contributed by atoms with Crippen molar-refractivity contribution in [3.8, 4) is 0 Å². The lowest BCUT2D eigenvalue weighted by molar-refractivity contribution is -0.117. The van der Waals surface area contributed by atoms with E-state index in [0.29, 0.717) is 6.04 Å². The van der Waals surface area contributed by atoms with Crippen LogP contribution in [0.4, 0.5) is 0 Å². The van der Waals surface area contributed by atoms with E-state index in [1.165, 1.54) is 35.7 Å². The first-order valence-corrected chi connectivity index (χ1v) is 8.74. The van der Waals surface area contributed by atoms with Crippen LogP contribution in [0.25, 0.3) is 10.9 Å². The second kappa shape index (κ2) is 7.49. The molecule has 3 nitrogen and oxygen atoms in total. The number of amides is 1. The normalized spacial score (nSPS) is 16.2. The Morgan fingerprint density at radius 2 is 2.04 bits per heavy atom. The molecule has 2 aromatic rings. The van der Waals surface area contributed by atoms with Gasteiger partial charge in [0.1, 0.15) is 0 Å². The third kappa shape index (κ3) is 4.04. The molecule has 1 N–H and O–H groups in total. The van der Waals surface area contributed by atoms with Crippen molar-refractivity contribution in [1.29, 1.82) is 0 Å². The number of allylic oxidation sites excluding steroid dienone is 1. The SMILES string of the molecule is Cn1cc(CCC=CC(=O)NC2CCCCC2)c2ccccc21. The highest BCUT2D eigenvalue weighted by Gasteiger charge is 2.14. The predicted octanol–water partition coefficient (Wildman–Crippen LogP) is 4.12. The van der Waals surface area contributed by atoms with Gasteiger partial charge < -0.3 is 9.88 Å². The number of fused-ring (bicyclic) bond motifs is 1. The molecule has 1 saturated carbocycles. The number of para-hydroxylation sites is 1. The van der Waals surface area contributed by atoms with Crippen LogP contribution in [-0.2, 0) is 18.3 Å². The summed E-state index contributed by atoms with van der Waals surface area (Å²) in [5.74, 6) is 0.0646. The lowest BCUT2D eigenvalue weighted by Crippen LogP contribution is -2.35. The van der Waals surface area contributed by atoms with E-state index in [-0.39, 0.29) is 5.91 Å². The van der Waals surface area contributed by atoms with E-state index in [1.807, 2.05) is 6.08 Å². The molecule has 0 bridgehead atoms. The summed E-state index contributed by atoms with van der Waals surface area (Å²) in [6.07, 6.45) is 13.8. The summed E-state index contributed by atoms with van der Waals surface area (Å²) in [7, 11) is 2.08. The quantitative estimate of drug-likeness (QED) is 0.828. The zero-order valence-electron chi connectivity index (χ0n) is 13.9. The van der Waals surface area contributed by atoms with Gasteiger partial charge in [0.15, 0.2) is 0 Å². The molecule has 0 saturated heterocycles. The van der Waals surface area contributed by atoms with Crippen molar-refractivity contribution >= 4 is 16.8 Å². The van der Waals surface area contributed by atoms with Crippen molar-refractivity contribution < 1.29 is 4.79 Å². The van der Waals surface area contributed by atoms with E-state index < -0.39 is 0 Å². The Kier molecular flexibility index (Phi) is 5.16. The molecule has 1 heterocycles. The highest BCUT2D eigenvalue weighted by molar-refractivity contribution is 5.87. The average molecular weight is 310 g/mol. The largest absolute Gasteiger partial charge is 0.350 e. The second-order valence-electron chi connectivity index (χ2n) is 6.57. The molecule has 1 aromatic carbocycles. The molecule has 0 spiro atoms. The number of carbonyl (C=O) groups is 1. The first-order valence-electron chi connectivity index (χ1n) is 8.74. The van der Waals surface area contributed by atoms with Crippen molar-refractivity contribution in [2.24, 2.45) is 7.05 Å². The molecule has 0 aliphatic heterocycles. The van der Waals surface area contributed by atoms with Crippen molar-refractivity contribution in [1.82, 2.24) is 9.88 Å². The molecular formula is C20H26N2O. The molecule has 1 aromatic heterocycles. The van der Waals surface area contributed by atoms with E-state index in [9.17, 15) is 4.79 Å². The Labute approximate surface area is 138 Å². The summed E-state index contributed by atoms with van der Waals surface area (Å²) >= 11 is 0. The summed E-state index contributed by atoms with van der Waals surface area (Å²) in [5, 5.41) is 4.44. The molecule has 1 amide bonds. The summed E-state index contributed by atoms with van der Waals surface area (Å²) < 4.78 is 2.17. The molecule has 0 atom stereocenters. The summed E-state index contributed by atoms with van der Waals surface area (Å²) in [4.78, 5) is 11.9. The molecule has 23 heavy (non-hydrogen) atoms. The second-order valence-corrected chi connectivity index (χ2v) is 6.57. The van der Waals surface area contributed by atoms with Gasteiger partial charge in [0.25, 0.3) is 0 Å². The maximum Gasteiger partial charge on any atom is 0.243 e. The Balaban J connectivity index is 1.51. The van der Waals surface area contributed by atoms with Crippen molar-refractivity contribution in [3.63, 3.8) is 0 Å². The fourth-order valence-corrected chi connectivity index (χ4v) is 3.55. The van der Waals surface area contributed by atoms with Gasteiger partial charge in [-0.2, -0.15) is 0 Å². The van der Waals surface area contributed by atoms with Crippen LogP contribution in [-0.4, -0.2) is 16.5 Å². The summed E-state index contributed by atoms with van der Waals surface area (Å²) in [6.45, 7) is 0. The Bertz CT molecular complexity index is 693. The number of hydrogen-bond donors (Lipinski definition) is 1. The van der Waals surface area contributed by atoms with E-state index in [0.717, 1.165) is 25.7 Å². The van der Waals surface area contributed by atoms with Gasteiger partial charge >= 0.3 is 0 Å².